The van der Waals surface area contributed by atoms with Crippen molar-refractivity contribution in [1.29, 1.82) is 0 Å². The van der Waals surface area contributed by atoms with Crippen molar-refractivity contribution in [2.24, 2.45) is 0 Å². The lowest BCUT2D eigenvalue weighted by Crippen LogP contribution is -2.36. The number of hydrogen-bond acceptors (Lipinski definition) is 3. The molecular formula is C20H20F2N2O3. The van der Waals surface area contributed by atoms with Crippen LogP contribution in [0.4, 0.5) is 8.78 Å². The summed E-state index contributed by atoms with van der Waals surface area (Å²) < 4.78 is 31.6. The SMILES string of the molecule is CN(CCN1CCCC1=O)C(=O)c1ccc(Oc2ccc(F)c(F)c2)cc1. The molecule has 1 saturated heterocycles. The Bertz CT molecular complexity index is 840. The number of carbonyl (C=O) groups excluding carboxylic acids is 2. The Morgan fingerprint density at radius 3 is 2.44 bits per heavy atom. The number of amides is 2. The lowest BCUT2D eigenvalue weighted by atomic mass is 10.2. The Morgan fingerprint density at radius 2 is 1.81 bits per heavy atom. The van der Waals surface area contributed by atoms with Gasteiger partial charge in [0.05, 0.1) is 0 Å². The monoisotopic (exact) mass is 374 g/mol. The van der Waals surface area contributed by atoms with Crippen LogP contribution in [0.1, 0.15) is 23.2 Å². The van der Waals surface area contributed by atoms with Crippen molar-refractivity contribution in [3.8, 4) is 11.5 Å². The fourth-order valence-corrected chi connectivity index (χ4v) is 2.88. The molecule has 0 spiro atoms. The molecule has 0 atom stereocenters. The van der Waals surface area contributed by atoms with Crippen molar-refractivity contribution in [3.63, 3.8) is 0 Å². The number of ether oxygens (including phenoxy) is 1. The molecule has 5 nitrogen and oxygen atoms in total. The maximum absolute atomic E-state index is 13.2. The minimum Gasteiger partial charge on any atom is -0.457 e. The average Bonchev–Trinajstić information content (AvgIpc) is 3.07. The molecule has 1 aliphatic rings. The van der Waals surface area contributed by atoms with Crippen molar-refractivity contribution in [3.05, 3.63) is 59.7 Å². The molecule has 1 fully saturated rings. The van der Waals surface area contributed by atoms with Gasteiger partial charge >= 0.3 is 0 Å². The molecule has 2 amide bonds. The summed E-state index contributed by atoms with van der Waals surface area (Å²) in [4.78, 5) is 27.4. The van der Waals surface area contributed by atoms with E-state index in [1.807, 2.05) is 0 Å². The number of halogens is 2. The summed E-state index contributed by atoms with van der Waals surface area (Å²) in [7, 11) is 1.69. The van der Waals surface area contributed by atoms with E-state index < -0.39 is 11.6 Å². The number of benzene rings is 2. The first-order valence-electron chi connectivity index (χ1n) is 8.70. The van der Waals surface area contributed by atoms with Gasteiger partial charge in [0, 0.05) is 44.7 Å². The molecule has 0 saturated carbocycles. The van der Waals surface area contributed by atoms with Crippen LogP contribution in [0.2, 0.25) is 0 Å². The normalized spacial score (nSPS) is 13.7. The summed E-state index contributed by atoms with van der Waals surface area (Å²) in [5.41, 5.74) is 0.475. The molecule has 2 aromatic rings. The van der Waals surface area contributed by atoms with Gasteiger partial charge in [-0.3, -0.25) is 9.59 Å². The van der Waals surface area contributed by atoms with E-state index in [4.69, 9.17) is 4.74 Å². The van der Waals surface area contributed by atoms with Gasteiger partial charge in [0.25, 0.3) is 5.91 Å². The highest BCUT2D eigenvalue weighted by Crippen LogP contribution is 2.23. The Balaban J connectivity index is 1.57. The largest absolute Gasteiger partial charge is 0.457 e. The van der Waals surface area contributed by atoms with Gasteiger partial charge in [-0.05, 0) is 42.8 Å². The summed E-state index contributed by atoms with van der Waals surface area (Å²) in [5.74, 6) is -1.39. The number of carbonyl (C=O) groups is 2. The number of nitrogens with zero attached hydrogens (tertiary/aromatic N) is 2. The van der Waals surface area contributed by atoms with E-state index in [1.165, 1.54) is 6.07 Å². The van der Waals surface area contributed by atoms with Crippen LogP contribution in [0.15, 0.2) is 42.5 Å². The minimum absolute atomic E-state index is 0.134. The first kappa shape index (κ1) is 18.8. The van der Waals surface area contributed by atoms with Gasteiger partial charge < -0.3 is 14.5 Å². The Hall–Kier alpha value is -2.96. The van der Waals surface area contributed by atoms with E-state index in [0.29, 0.717) is 30.8 Å². The van der Waals surface area contributed by atoms with Crippen molar-refractivity contribution < 1.29 is 23.1 Å². The second kappa shape index (κ2) is 8.16. The molecule has 27 heavy (non-hydrogen) atoms. The molecule has 3 rings (SSSR count). The van der Waals surface area contributed by atoms with Crippen LogP contribution in [0, 0.1) is 11.6 Å². The van der Waals surface area contributed by atoms with E-state index in [9.17, 15) is 18.4 Å². The molecule has 1 aliphatic heterocycles. The van der Waals surface area contributed by atoms with E-state index in [1.54, 1.807) is 41.1 Å². The fraction of sp³-hybridized carbons (Fsp3) is 0.300. The first-order valence-corrected chi connectivity index (χ1v) is 8.70. The molecule has 142 valence electrons. The van der Waals surface area contributed by atoms with E-state index in [-0.39, 0.29) is 17.6 Å². The van der Waals surface area contributed by atoms with Gasteiger partial charge in [0.15, 0.2) is 11.6 Å². The van der Waals surface area contributed by atoms with Crippen LogP contribution in [-0.4, -0.2) is 48.3 Å². The smallest absolute Gasteiger partial charge is 0.253 e. The molecule has 2 aromatic carbocycles. The standard InChI is InChI=1S/C20H20F2N2O3/c1-23(11-12-24-10-2-3-19(24)25)20(26)14-4-6-15(7-5-14)27-16-8-9-17(21)18(22)13-16/h4-9,13H,2-3,10-12H2,1H3. The predicted molar refractivity (Wildman–Crippen MR) is 95.6 cm³/mol. The highest BCUT2D eigenvalue weighted by Gasteiger charge is 2.21. The van der Waals surface area contributed by atoms with Gasteiger partial charge in [0.2, 0.25) is 5.91 Å². The topological polar surface area (TPSA) is 49.9 Å². The summed E-state index contributed by atoms with van der Waals surface area (Å²) in [5, 5.41) is 0. The Kier molecular flexibility index (Phi) is 5.69. The number of rotatable bonds is 6. The van der Waals surface area contributed by atoms with Gasteiger partial charge in [-0.15, -0.1) is 0 Å². The lowest BCUT2D eigenvalue weighted by molar-refractivity contribution is -0.127. The molecule has 1 heterocycles. The van der Waals surface area contributed by atoms with E-state index in [2.05, 4.69) is 0 Å². The van der Waals surface area contributed by atoms with Crippen LogP contribution < -0.4 is 4.74 Å². The third-order valence-corrected chi connectivity index (χ3v) is 4.45. The van der Waals surface area contributed by atoms with Crippen LogP contribution >= 0.6 is 0 Å². The summed E-state index contributed by atoms with van der Waals surface area (Å²) in [6, 6.07) is 9.66. The zero-order valence-electron chi connectivity index (χ0n) is 15.0. The third kappa shape index (κ3) is 4.61. The average molecular weight is 374 g/mol. The van der Waals surface area contributed by atoms with Crippen LogP contribution in [0.3, 0.4) is 0 Å². The Morgan fingerprint density at radius 1 is 1.11 bits per heavy atom. The van der Waals surface area contributed by atoms with Gasteiger partial charge in [0.1, 0.15) is 11.5 Å². The number of hydrogen-bond donors (Lipinski definition) is 0. The first-order chi connectivity index (χ1) is 12.9. The van der Waals surface area contributed by atoms with Crippen molar-refractivity contribution in [2.75, 3.05) is 26.7 Å². The maximum Gasteiger partial charge on any atom is 0.253 e. The van der Waals surface area contributed by atoms with E-state index in [0.717, 1.165) is 25.1 Å². The van der Waals surface area contributed by atoms with Crippen LogP contribution in [0.5, 0.6) is 11.5 Å². The van der Waals surface area contributed by atoms with Crippen molar-refractivity contribution in [1.82, 2.24) is 9.80 Å². The highest BCUT2D eigenvalue weighted by atomic mass is 19.2. The lowest BCUT2D eigenvalue weighted by Gasteiger charge is -2.22. The fourth-order valence-electron chi connectivity index (χ4n) is 2.88. The zero-order valence-corrected chi connectivity index (χ0v) is 15.0. The number of likely N-dealkylation sites (tertiary alicyclic amines) is 1. The second-order valence-electron chi connectivity index (χ2n) is 6.41. The predicted octanol–water partition coefficient (Wildman–Crippen LogP) is 3.45. The molecular weight excluding hydrogens is 354 g/mol. The zero-order chi connectivity index (χ0) is 19.4. The van der Waals surface area contributed by atoms with E-state index >= 15 is 0 Å². The second-order valence-corrected chi connectivity index (χ2v) is 6.41. The molecule has 7 heteroatoms. The van der Waals surface area contributed by atoms with Gasteiger partial charge in [-0.1, -0.05) is 0 Å². The maximum atomic E-state index is 13.2. The minimum atomic E-state index is -0.989. The third-order valence-electron chi connectivity index (χ3n) is 4.45. The van der Waals surface area contributed by atoms with Crippen molar-refractivity contribution in [2.45, 2.75) is 12.8 Å². The summed E-state index contributed by atoms with van der Waals surface area (Å²) in [6.45, 7) is 1.73. The summed E-state index contributed by atoms with van der Waals surface area (Å²) in [6.07, 6.45) is 1.45. The van der Waals surface area contributed by atoms with Crippen molar-refractivity contribution >= 4 is 11.8 Å². The summed E-state index contributed by atoms with van der Waals surface area (Å²) >= 11 is 0. The number of likely N-dealkylation sites (N-methyl/N-ethyl adjacent to an activating group) is 1. The van der Waals surface area contributed by atoms with Gasteiger partial charge in [-0.25, -0.2) is 8.78 Å². The van der Waals surface area contributed by atoms with Crippen LogP contribution in [-0.2, 0) is 4.79 Å². The van der Waals surface area contributed by atoms with Gasteiger partial charge in [-0.2, -0.15) is 0 Å². The quantitative estimate of drug-likeness (QED) is 0.778. The Labute approximate surface area is 156 Å². The molecule has 0 bridgehead atoms. The molecule has 0 aromatic heterocycles. The molecule has 0 aliphatic carbocycles. The highest BCUT2D eigenvalue weighted by molar-refractivity contribution is 5.94. The molecule has 0 unspecified atom stereocenters. The van der Waals surface area contributed by atoms with Crippen LogP contribution in [0.25, 0.3) is 0 Å². The molecule has 0 radical (unpaired) electrons. The molecule has 0 N–H and O–H groups in total.